The largest absolute Gasteiger partial charge is 0.381 e. The van der Waals surface area contributed by atoms with Crippen LogP contribution in [0.3, 0.4) is 0 Å². The Hall–Kier alpha value is -2.41. The number of H-pyrrole nitrogens is 1. The first-order chi connectivity index (χ1) is 12.2. The number of aromatic nitrogens is 4. The number of fused-ring (bicyclic) bond motifs is 2. The van der Waals surface area contributed by atoms with Crippen molar-refractivity contribution < 1.29 is 4.74 Å². The fraction of sp³-hybridized carbons (Fsp3) is 0.500. The zero-order valence-electron chi connectivity index (χ0n) is 14.6. The van der Waals surface area contributed by atoms with Gasteiger partial charge in [-0.15, -0.1) is 0 Å². The molecule has 1 aromatic heterocycles. The van der Waals surface area contributed by atoms with Gasteiger partial charge in [0.2, 0.25) is 0 Å². The quantitative estimate of drug-likeness (QED) is 0.774. The van der Waals surface area contributed by atoms with E-state index in [0.717, 1.165) is 54.0 Å². The van der Waals surface area contributed by atoms with E-state index in [4.69, 9.17) is 14.9 Å². The standard InChI is InChI=1S/C18H22N6O/c1-11(2)24-18-13-10-23(12-5-7-25-8-6-12)21-14(13)3-4-15-17(18)16(22-24)9-19-20-15/h3-4,9,11-12,20H,5-8,10H2,1-2H3. The zero-order valence-corrected chi connectivity index (χ0v) is 14.6. The van der Waals surface area contributed by atoms with Crippen molar-refractivity contribution >= 4 is 11.0 Å². The summed E-state index contributed by atoms with van der Waals surface area (Å²) in [5, 5.41) is 22.5. The maximum absolute atomic E-state index is 5.51. The molecule has 1 aromatic rings. The minimum absolute atomic E-state index is 0.277. The lowest BCUT2D eigenvalue weighted by molar-refractivity contribution is 0.0338. The van der Waals surface area contributed by atoms with Gasteiger partial charge in [-0.05, 0) is 38.8 Å². The van der Waals surface area contributed by atoms with Crippen molar-refractivity contribution in [2.75, 3.05) is 13.2 Å². The molecule has 1 aliphatic carbocycles. The second-order valence-corrected chi connectivity index (χ2v) is 7.17. The van der Waals surface area contributed by atoms with E-state index in [9.17, 15) is 0 Å². The molecule has 0 spiro atoms. The maximum Gasteiger partial charge on any atom is 0.115 e. The highest BCUT2D eigenvalue weighted by molar-refractivity contribution is 5.66. The van der Waals surface area contributed by atoms with Crippen molar-refractivity contribution in [1.82, 2.24) is 25.0 Å². The molecule has 1 fully saturated rings. The van der Waals surface area contributed by atoms with Gasteiger partial charge in [-0.25, -0.2) is 0 Å². The van der Waals surface area contributed by atoms with Crippen molar-refractivity contribution in [3.8, 4) is 0 Å². The first-order valence-electron chi connectivity index (χ1n) is 8.99. The number of rotatable bonds is 2. The molecule has 0 unspecified atom stereocenters. The van der Waals surface area contributed by atoms with Gasteiger partial charge in [0.25, 0.3) is 0 Å². The van der Waals surface area contributed by atoms with Crippen LogP contribution in [0.15, 0.2) is 23.4 Å². The lowest BCUT2D eigenvalue weighted by Crippen LogP contribution is -2.34. The number of ether oxygens (including phenoxy) is 1. The van der Waals surface area contributed by atoms with E-state index in [2.05, 4.69) is 45.9 Å². The summed E-state index contributed by atoms with van der Waals surface area (Å²) in [4.78, 5) is 0. The van der Waals surface area contributed by atoms with Crippen LogP contribution < -0.4 is 5.36 Å². The van der Waals surface area contributed by atoms with Gasteiger partial charge in [0.1, 0.15) is 5.52 Å². The fourth-order valence-electron chi connectivity index (χ4n) is 3.97. The minimum Gasteiger partial charge on any atom is -0.381 e. The van der Waals surface area contributed by atoms with Crippen molar-refractivity contribution in [1.29, 1.82) is 0 Å². The van der Waals surface area contributed by atoms with Gasteiger partial charge in [-0.2, -0.15) is 15.3 Å². The van der Waals surface area contributed by atoms with E-state index in [1.54, 1.807) is 0 Å². The second-order valence-electron chi connectivity index (χ2n) is 7.17. The predicted molar refractivity (Wildman–Crippen MR) is 92.5 cm³/mol. The SMILES string of the molecule is CC(C)n1nc2cn[nH]c3ccc4c(c1c2=3)CN(C1CCOCC1)N=4. The van der Waals surface area contributed by atoms with E-state index in [1.807, 2.05) is 6.20 Å². The second kappa shape index (κ2) is 5.56. The highest BCUT2D eigenvalue weighted by Gasteiger charge is 2.26. The molecule has 1 saturated heterocycles. The molecule has 5 rings (SSSR count). The summed E-state index contributed by atoms with van der Waals surface area (Å²) >= 11 is 0. The summed E-state index contributed by atoms with van der Waals surface area (Å²) in [6.45, 7) is 6.82. The molecule has 1 N–H and O–H groups in total. The third-order valence-corrected chi connectivity index (χ3v) is 5.24. The summed E-state index contributed by atoms with van der Waals surface area (Å²) in [5.74, 6) is 0. The van der Waals surface area contributed by atoms with Crippen LogP contribution in [0.5, 0.6) is 0 Å². The Morgan fingerprint density at radius 2 is 2.08 bits per heavy atom. The number of hydrogen-bond acceptors (Lipinski definition) is 5. The van der Waals surface area contributed by atoms with E-state index >= 15 is 0 Å². The highest BCUT2D eigenvalue weighted by Crippen LogP contribution is 2.25. The number of nitrogens with zero attached hydrogens (tertiary/aromatic N) is 5. The van der Waals surface area contributed by atoms with Crippen molar-refractivity contribution in [2.24, 2.45) is 5.10 Å². The van der Waals surface area contributed by atoms with Crippen LogP contribution in [0.2, 0.25) is 0 Å². The Bertz CT molecular complexity index is 1060. The van der Waals surface area contributed by atoms with Crippen LogP contribution in [0, 0.1) is 10.6 Å². The number of hydrogen-bond donors (Lipinski definition) is 1. The number of nitrogens with one attached hydrogen (secondary N) is 1. The molecule has 130 valence electrons. The Morgan fingerprint density at radius 1 is 1.24 bits per heavy atom. The van der Waals surface area contributed by atoms with Gasteiger partial charge in [0.15, 0.2) is 0 Å². The topological polar surface area (TPSA) is 71.3 Å². The highest BCUT2D eigenvalue weighted by atomic mass is 16.5. The molecule has 0 radical (unpaired) electrons. The van der Waals surface area contributed by atoms with Gasteiger partial charge in [0.05, 0.1) is 40.2 Å². The Balaban J connectivity index is 1.76. The van der Waals surface area contributed by atoms with Gasteiger partial charge >= 0.3 is 0 Å². The molecule has 4 aliphatic rings. The Labute approximate surface area is 144 Å². The van der Waals surface area contributed by atoms with Crippen LogP contribution in [0.1, 0.15) is 38.3 Å². The normalized spacial score (nSPS) is 18.3. The van der Waals surface area contributed by atoms with Gasteiger partial charge in [0, 0.05) is 24.8 Å². The molecule has 0 aromatic carbocycles. The van der Waals surface area contributed by atoms with Crippen molar-refractivity contribution in [3.05, 3.63) is 39.8 Å². The summed E-state index contributed by atoms with van der Waals surface area (Å²) < 4.78 is 7.63. The summed E-state index contributed by atoms with van der Waals surface area (Å²) in [6.07, 6.45) is 3.89. The Morgan fingerprint density at radius 3 is 2.88 bits per heavy atom. The summed E-state index contributed by atoms with van der Waals surface area (Å²) in [7, 11) is 0. The van der Waals surface area contributed by atoms with E-state index in [0.29, 0.717) is 6.04 Å². The predicted octanol–water partition coefficient (Wildman–Crippen LogP) is 1.88. The fourth-order valence-corrected chi connectivity index (χ4v) is 3.97. The van der Waals surface area contributed by atoms with Crippen LogP contribution in [-0.2, 0) is 11.3 Å². The van der Waals surface area contributed by atoms with Crippen molar-refractivity contribution in [3.63, 3.8) is 0 Å². The van der Waals surface area contributed by atoms with Gasteiger partial charge in [-0.1, -0.05) is 0 Å². The first-order valence-corrected chi connectivity index (χ1v) is 8.99. The molecule has 3 aliphatic heterocycles. The van der Waals surface area contributed by atoms with Crippen LogP contribution >= 0.6 is 0 Å². The first kappa shape index (κ1) is 14.9. The molecule has 7 heteroatoms. The van der Waals surface area contributed by atoms with E-state index in [-0.39, 0.29) is 6.04 Å². The van der Waals surface area contributed by atoms with Gasteiger partial charge < -0.3 is 4.74 Å². The zero-order chi connectivity index (χ0) is 17.0. The molecule has 7 nitrogen and oxygen atoms in total. The third kappa shape index (κ3) is 2.26. The number of aromatic amines is 1. The third-order valence-electron chi connectivity index (χ3n) is 5.24. The molecular weight excluding hydrogens is 316 g/mol. The monoisotopic (exact) mass is 338 g/mol. The van der Waals surface area contributed by atoms with E-state index < -0.39 is 0 Å². The van der Waals surface area contributed by atoms with Crippen molar-refractivity contribution in [2.45, 2.75) is 45.3 Å². The molecule has 4 heterocycles. The summed E-state index contributed by atoms with van der Waals surface area (Å²) in [5.41, 5.74) is 3.37. The molecule has 0 amide bonds. The maximum atomic E-state index is 5.51. The molecule has 25 heavy (non-hydrogen) atoms. The average Bonchev–Trinajstić information content (AvgIpc) is 3.18. The lowest BCUT2D eigenvalue weighted by Gasteiger charge is -2.29. The molecule has 0 saturated carbocycles. The molecule has 0 atom stereocenters. The average molecular weight is 338 g/mol. The molecule has 0 bridgehead atoms. The van der Waals surface area contributed by atoms with Crippen LogP contribution in [0.4, 0.5) is 0 Å². The lowest BCUT2D eigenvalue weighted by atomic mass is 10.1. The smallest absolute Gasteiger partial charge is 0.115 e. The minimum atomic E-state index is 0.277. The Kier molecular flexibility index (Phi) is 3.31. The molecular formula is C18H22N6O. The summed E-state index contributed by atoms with van der Waals surface area (Å²) in [6, 6.07) is 4.92. The van der Waals surface area contributed by atoms with Gasteiger partial charge in [-0.3, -0.25) is 14.8 Å². The van der Waals surface area contributed by atoms with Crippen LogP contribution in [-0.4, -0.2) is 44.2 Å². The van der Waals surface area contributed by atoms with E-state index in [1.165, 1.54) is 11.1 Å². The van der Waals surface area contributed by atoms with Crippen LogP contribution in [0.25, 0.3) is 11.0 Å².